The standard InChI is InChI=1S/C71H138O17P2/c1-61(2)47-39-31-23-19-15-13-11-9-10-12-14-16-21-25-35-43-51-68(73)81-57-66(87-70(75)53-45-37-26-22-18-17-20-24-32-40-48-62(3)4)59-85-89(77,78)83-55-65(72)56-84-90(79,80)86-60-67(88-71(76)54-46-38-30-28-34-42-50-64(7)8)58-82-69(74)52-44-36-29-27-33-41-49-63(5)6/h61-67,72H,9-60H2,1-8H3,(H,77,78)(H,79,80)/t65-,66-,67-/m1/s1. The smallest absolute Gasteiger partial charge is 0.462 e. The monoisotopic (exact) mass is 1320 g/mol. The molecule has 0 aromatic carbocycles. The Morgan fingerprint density at radius 2 is 0.467 bits per heavy atom. The highest BCUT2D eigenvalue weighted by Gasteiger charge is 2.30. The van der Waals surface area contributed by atoms with Gasteiger partial charge in [-0.3, -0.25) is 37.3 Å². The summed E-state index contributed by atoms with van der Waals surface area (Å²) in [5, 5.41) is 10.6. The summed E-state index contributed by atoms with van der Waals surface area (Å²) in [6.07, 6.45) is 43.5. The predicted molar refractivity (Wildman–Crippen MR) is 363 cm³/mol. The van der Waals surface area contributed by atoms with E-state index in [0.29, 0.717) is 37.5 Å². The number of hydrogen-bond donors (Lipinski definition) is 3. The summed E-state index contributed by atoms with van der Waals surface area (Å²) in [5.41, 5.74) is 0. The average molecular weight is 1330 g/mol. The Hall–Kier alpha value is -1.94. The summed E-state index contributed by atoms with van der Waals surface area (Å²) in [7, 11) is -9.90. The molecule has 0 aromatic rings. The SMILES string of the molecule is CC(C)CCCCCCCCCCCCCCCCCCC(=O)OC[C@H](COP(=O)(O)OC[C@@H](O)COP(=O)(O)OC[C@@H](COC(=O)CCCCCCCCC(C)C)OC(=O)CCCCCCCCC(C)C)OC(=O)CCCCCCCCCCCCC(C)C. The van der Waals surface area contributed by atoms with E-state index in [9.17, 15) is 43.2 Å². The lowest BCUT2D eigenvalue weighted by Gasteiger charge is -2.21. The molecule has 0 saturated carbocycles. The van der Waals surface area contributed by atoms with Gasteiger partial charge in [0.25, 0.3) is 0 Å². The van der Waals surface area contributed by atoms with Crippen LogP contribution in [0.1, 0.15) is 351 Å². The first-order valence-electron chi connectivity index (χ1n) is 36.7. The number of carbonyl (C=O) groups is 4. The first-order chi connectivity index (χ1) is 43.1. The molecule has 3 N–H and O–H groups in total. The molecule has 0 fully saturated rings. The van der Waals surface area contributed by atoms with Gasteiger partial charge < -0.3 is 33.8 Å². The molecule has 0 rings (SSSR count). The number of unbranched alkanes of at least 4 members (excludes halogenated alkanes) is 34. The number of phosphoric acid groups is 2. The highest BCUT2D eigenvalue weighted by atomic mass is 31.2. The van der Waals surface area contributed by atoms with Crippen molar-refractivity contribution in [2.75, 3.05) is 39.6 Å². The first kappa shape index (κ1) is 88.1. The summed E-state index contributed by atoms with van der Waals surface area (Å²) in [6, 6.07) is 0. The molecule has 0 aromatic heterocycles. The second kappa shape index (κ2) is 60.7. The maximum atomic E-state index is 13.0. The van der Waals surface area contributed by atoms with Gasteiger partial charge in [0, 0.05) is 25.7 Å². The lowest BCUT2D eigenvalue weighted by atomic mass is 10.0. The molecule has 0 aliphatic carbocycles. The van der Waals surface area contributed by atoms with Crippen molar-refractivity contribution in [1.82, 2.24) is 0 Å². The topological polar surface area (TPSA) is 237 Å². The van der Waals surface area contributed by atoms with Gasteiger partial charge in [0.1, 0.15) is 19.3 Å². The normalized spacial score (nSPS) is 14.3. The van der Waals surface area contributed by atoms with Gasteiger partial charge in [-0.05, 0) is 49.4 Å². The Morgan fingerprint density at radius 3 is 0.689 bits per heavy atom. The van der Waals surface area contributed by atoms with Crippen LogP contribution in [0.5, 0.6) is 0 Å². The van der Waals surface area contributed by atoms with Gasteiger partial charge in [0.15, 0.2) is 12.2 Å². The van der Waals surface area contributed by atoms with E-state index in [0.717, 1.165) is 108 Å². The number of aliphatic hydroxyl groups is 1. The molecule has 17 nitrogen and oxygen atoms in total. The van der Waals surface area contributed by atoms with Gasteiger partial charge in [-0.1, -0.05) is 299 Å². The molecule has 0 radical (unpaired) electrons. The van der Waals surface area contributed by atoms with Crippen LogP contribution >= 0.6 is 15.6 Å². The van der Waals surface area contributed by atoms with Crippen LogP contribution in [0.15, 0.2) is 0 Å². The maximum absolute atomic E-state index is 13.0. The van der Waals surface area contributed by atoms with Gasteiger partial charge in [-0.15, -0.1) is 0 Å². The second-order valence-corrected chi connectivity index (χ2v) is 30.4. The van der Waals surface area contributed by atoms with Gasteiger partial charge >= 0.3 is 39.5 Å². The molecule has 5 atom stereocenters. The molecule has 0 heterocycles. The zero-order chi connectivity index (χ0) is 66.8. The zero-order valence-corrected chi connectivity index (χ0v) is 60.6. The molecule has 0 spiro atoms. The molecule has 0 bridgehead atoms. The zero-order valence-electron chi connectivity index (χ0n) is 58.8. The van der Waals surface area contributed by atoms with Crippen molar-refractivity contribution in [3.8, 4) is 0 Å². The fourth-order valence-electron chi connectivity index (χ4n) is 10.7. The van der Waals surface area contributed by atoms with Gasteiger partial charge in [-0.25, -0.2) is 9.13 Å². The van der Waals surface area contributed by atoms with Crippen LogP contribution in [0.25, 0.3) is 0 Å². The first-order valence-corrected chi connectivity index (χ1v) is 39.7. The summed E-state index contributed by atoms with van der Waals surface area (Å²) in [4.78, 5) is 72.5. The highest BCUT2D eigenvalue weighted by Crippen LogP contribution is 2.45. The van der Waals surface area contributed by atoms with Gasteiger partial charge in [-0.2, -0.15) is 0 Å². The van der Waals surface area contributed by atoms with Crippen LogP contribution < -0.4 is 0 Å². The number of phosphoric ester groups is 2. The molecular weight excluding hydrogens is 1190 g/mol. The third-order valence-corrected chi connectivity index (χ3v) is 18.2. The molecule has 19 heteroatoms. The van der Waals surface area contributed by atoms with Crippen molar-refractivity contribution in [2.24, 2.45) is 23.7 Å². The van der Waals surface area contributed by atoms with Crippen molar-refractivity contribution in [3.05, 3.63) is 0 Å². The Balaban J connectivity index is 5.18. The van der Waals surface area contributed by atoms with Crippen LogP contribution in [0, 0.1) is 23.7 Å². The van der Waals surface area contributed by atoms with E-state index in [4.69, 9.17) is 37.0 Å². The lowest BCUT2D eigenvalue weighted by molar-refractivity contribution is -0.161. The fourth-order valence-corrected chi connectivity index (χ4v) is 12.2. The average Bonchev–Trinajstić information content (AvgIpc) is 3.65. The third kappa shape index (κ3) is 64.8. The molecule has 0 saturated heterocycles. The van der Waals surface area contributed by atoms with E-state index in [1.165, 1.54) is 148 Å². The second-order valence-electron chi connectivity index (χ2n) is 27.5. The Labute approximate surface area is 549 Å². The number of aliphatic hydroxyl groups excluding tert-OH is 1. The Morgan fingerprint density at radius 1 is 0.278 bits per heavy atom. The van der Waals surface area contributed by atoms with Crippen LogP contribution in [0.4, 0.5) is 0 Å². The van der Waals surface area contributed by atoms with E-state index in [2.05, 4.69) is 55.4 Å². The largest absolute Gasteiger partial charge is 0.472 e. The van der Waals surface area contributed by atoms with Crippen LogP contribution in [-0.4, -0.2) is 96.7 Å². The van der Waals surface area contributed by atoms with E-state index in [1.807, 2.05) is 0 Å². The Bertz CT molecular complexity index is 1780. The predicted octanol–water partition coefficient (Wildman–Crippen LogP) is 20.1. The van der Waals surface area contributed by atoms with Crippen molar-refractivity contribution >= 4 is 39.5 Å². The molecule has 0 aliphatic rings. The number of rotatable bonds is 68. The lowest BCUT2D eigenvalue weighted by Crippen LogP contribution is -2.30. The van der Waals surface area contributed by atoms with E-state index >= 15 is 0 Å². The van der Waals surface area contributed by atoms with Crippen LogP contribution in [0.2, 0.25) is 0 Å². The van der Waals surface area contributed by atoms with Gasteiger partial charge in [0.2, 0.25) is 0 Å². The quantitative estimate of drug-likeness (QED) is 0.0222. The molecule has 0 amide bonds. The Kier molecular flexibility index (Phi) is 59.4. The molecule has 534 valence electrons. The molecule has 0 aliphatic heterocycles. The molecular formula is C71H138O17P2. The highest BCUT2D eigenvalue weighted by molar-refractivity contribution is 7.47. The van der Waals surface area contributed by atoms with Crippen molar-refractivity contribution in [3.63, 3.8) is 0 Å². The number of carbonyl (C=O) groups excluding carboxylic acids is 4. The summed E-state index contributed by atoms with van der Waals surface area (Å²) < 4.78 is 68.2. The summed E-state index contributed by atoms with van der Waals surface area (Å²) in [5.74, 6) is 0.779. The minimum absolute atomic E-state index is 0.101. The van der Waals surface area contributed by atoms with Crippen LogP contribution in [0.3, 0.4) is 0 Å². The van der Waals surface area contributed by atoms with E-state index in [1.54, 1.807) is 0 Å². The summed E-state index contributed by atoms with van der Waals surface area (Å²) >= 11 is 0. The van der Waals surface area contributed by atoms with Crippen molar-refractivity contribution in [2.45, 2.75) is 369 Å². The van der Waals surface area contributed by atoms with Crippen LogP contribution in [-0.2, 0) is 65.4 Å². The van der Waals surface area contributed by atoms with Crippen molar-refractivity contribution < 1.29 is 80.2 Å². The van der Waals surface area contributed by atoms with E-state index < -0.39 is 97.5 Å². The number of hydrogen-bond acceptors (Lipinski definition) is 15. The van der Waals surface area contributed by atoms with E-state index in [-0.39, 0.29) is 25.7 Å². The minimum Gasteiger partial charge on any atom is -0.462 e. The summed E-state index contributed by atoms with van der Waals surface area (Å²) in [6.45, 7) is 14.0. The minimum atomic E-state index is -4.95. The number of ether oxygens (including phenoxy) is 4. The maximum Gasteiger partial charge on any atom is 0.472 e. The third-order valence-electron chi connectivity index (χ3n) is 16.3. The molecule has 2 unspecified atom stereocenters. The molecule has 90 heavy (non-hydrogen) atoms. The number of esters is 4. The van der Waals surface area contributed by atoms with Crippen molar-refractivity contribution in [1.29, 1.82) is 0 Å². The fraction of sp³-hybridized carbons (Fsp3) is 0.944. The van der Waals surface area contributed by atoms with Gasteiger partial charge in [0.05, 0.1) is 26.4 Å².